The molecule has 2 atom stereocenters. The third kappa shape index (κ3) is 6.90. The van der Waals surface area contributed by atoms with Crippen molar-refractivity contribution in [2.75, 3.05) is 37.8 Å². The molecule has 6 nitrogen and oxygen atoms in total. The van der Waals surface area contributed by atoms with Gasteiger partial charge in [-0.15, -0.1) is 0 Å². The van der Waals surface area contributed by atoms with Crippen LogP contribution in [0.4, 0.5) is 5.69 Å². The molecule has 0 aliphatic carbocycles. The van der Waals surface area contributed by atoms with Gasteiger partial charge in [-0.05, 0) is 66.8 Å². The van der Waals surface area contributed by atoms with Crippen molar-refractivity contribution in [2.24, 2.45) is 0 Å². The first-order valence-corrected chi connectivity index (χ1v) is 13.3. The smallest absolute Gasteiger partial charge is 0.241 e. The van der Waals surface area contributed by atoms with E-state index in [1.165, 1.54) is 5.56 Å². The molecule has 1 amide bonds. The highest BCUT2D eigenvalue weighted by molar-refractivity contribution is 6.30. The van der Waals surface area contributed by atoms with Gasteiger partial charge in [0.05, 0.1) is 19.2 Å². The molecule has 2 heterocycles. The molecule has 0 N–H and O–H groups in total. The fourth-order valence-electron chi connectivity index (χ4n) is 4.94. The molecule has 0 spiro atoms. The molecule has 0 saturated carbocycles. The van der Waals surface area contributed by atoms with E-state index in [9.17, 15) is 4.79 Å². The van der Waals surface area contributed by atoms with Gasteiger partial charge < -0.3 is 19.1 Å². The summed E-state index contributed by atoms with van der Waals surface area (Å²) in [6.07, 6.45) is 3.07. The van der Waals surface area contributed by atoms with E-state index in [-0.39, 0.29) is 18.2 Å². The van der Waals surface area contributed by atoms with Gasteiger partial charge in [0.2, 0.25) is 5.91 Å². The van der Waals surface area contributed by atoms with Gasteiger partial charge in [-0.25, -0.2) is 0 Å². The number of piperazine rings is 1. The van der Waals surface area contributed by atoms with Crippen LogP contribution in [0.25, 0.3) is 0 Å². The first kappa shape index (κ1) is 25.7. The summed E-state index contributed by atoms with van der Waals surface area (Å²) in [7, 11) is 0. The van der Waals surface area contributed by atoms with E-state index in [4.69, 9.17) is 25.8 Å². The first-order chi connectivity index (χ1) is 18.2. The summed E-state index contributed by atoms with van der Waals surface area (Å²) in [4.78, 5) is 17.6. The van der Waals surface area contributed by atoms with Crippen molar-refractivity contribution in [3.63, 3.8) is 0 Å². The lowest BCUT2D eigenvalue weighted by Crippen LogP contribution is -2.52. The maximum atomic E-state index is 13.5. The Morgan fingerprint density at radius 1 is 0.919 bits per heavy atom. The van der Waals surface area contributed by atoms with E-state index in [2.05, 4.69) is 17.0 Å². The molecular weight excluding hydrogens is 488 g/mol. The van der Waals surface area contributed by atoms with Crippen LogP contribution in [0, 0.1) is 0 Å². The van der Waals surface area contributed by atoms with Crippen LogP contribution in [-0.4, -0.2) is 50.0 Å². The molecule has 0 aromatic heterocycles. The number of rotatable bonds is 9. The van der Waals surface area contributed by atoms with Crippen LogP contribution in [0.5, 0.6) is 5.75 Å². The molecule has 194 valence electrons. The SMILES string of the molecule is O=C1CN(Cc2ccccc2)CC(c2ccc(Cl)cc2)N1c1ccc(OCCOC2CCCCO2)cc1. The molecule has 2 saturated heterocycles. The molecule has 2 unspecified atom stereocenters. The van der Waals surface area contributed by atoms with E-state index < -0.39 is 0 Å². The summed E-state index contributed by atoms with van der Waals surface area (Å²) in [6, 6.07) is 25.6. The predicted molar refractivity (Wildman–Crippen MR) is 145 cm³/mol. The highest BCUT2D eigenvalue weighted by Crippen LogP contribution is 2.33. The van der Waals surface area contributed by atoms with E-state index in [0.29, 0.717) is 24.8 Å². The van der Waals surface area contributed by atoms with Crippen LogP contribution >= 0.6 is 11.6 Å². The largest absolute Gasteiger partial charge is 0.491 e. The van der Waals surface area contributed by atoms with Crippen molar-refractivity contribution in [1.29, 1.82) is 0 Å². The van der Waals surface area contributed by atoms with Crippen molar-refractivity contribution >= 4 is 23.2 Å². The average molecular weight is 521 g/mol. The number of carbonyl (C=O) groups excluding carboxylic acids is 1. The Balaban J connectivity index is 1.26. The van der Waals surface area contributed by atoms with Crippen molar-refractivity contribution in [3.05, 3.63) is 95.0 Å². The molecule has 0 radical (unpaired) electrons. The summed E-state index contributed by atoms with van der Waals surface area (Å²) < 4.78 is 17.2. The maximum Gasteiger partial charge on any atom is 0.241 e. The van der Waals surface area contributed by atoms with Gasteiger partial charge in [0.1, 0.15) is 12.4 Å². The second-order valence-corrected chi connectivity index (χ2v) is 9.93. The topological polar surface area (TPSA) is 51.2 Å². The third-order valence-corrected chi connectivity index (χ3v) is 7.03. The number of hydrogen-bond donors (Lipinski definition) is 0. The Bertz CT molecular complexity index is 1130. The average Bonchev–Trinajstić information content (AvgIpc) is 2.93. The maximum absolute atomic E-state index is 13.5. The zero-order chi connectivity index (χ0) is 25.5. The molecule has 7 heteroatoms. The molecule has 0 bridgehead atoms. The van der Waals surface area contributed by atoms with Crippen LogP contribution in [0.15, 0.2) is 78.9 Å². The van der Waals surface area contributed by atoms with Gasteiger partial charge in [0, 0.05) is 30.4 Å². The third-order valence-electron chi connectivity index (χ3n) is 6.78. The Labute approximate surface area is 223 Å². The standard InChI is InChI=1S/C30H33ClN2O4/c31-25-11-9-24(10-12-25)28-21-32(20-23-6-2-1-3-7-23)22-29(34)33(28)26-13-15-27(16-14-26)35-18-19-37-30-8-4-5-17-36-30/h1-3,6-7,9-16,28,30H,4-5,8,17-22H2. The zero-order valence-corrected chi connectivity index (χ0v) is 21.7. The fraction of sp³-hybridized carbons (Fsp3) is 0.367. The second-order valence-electron chi connectivity index (χ2n) is 9.50. The van der Waals surface area contributed by atoms with Gasteiger partial charge >= 0.3 is 0 Å². The van der Waals surface area contributed by atoms with Crippen LogP contribution < -0.4 is 9.64 Å². The van der Waals surface area contributed by atoms with Gasteiger partial charge in [0.15, 0.2) is 6.29 Å². The van der Waals surface area contributed by atoms with Crippen molar-refractivity contribution < 1.29 is 19.0 Å². The summed E-state index contributed by atoms with van der Waals surface area (Å²) in [5.41, 5.74) is 3.10. The molecule has 2 fully saturated rings. The van der Waals surface area contributed by atoms with Crippen LogP contribution in [-0.2, 0) is 20.8 Å². The van der Waals surface area contributed by atoms with Gasteiger partial charge in [0.25, 0.3) is 0 Å². The normalized spacial score (nSPS) is 20.7. The minimum absolute atomic E-state index is 0.0664. The number of amides is 1. The van der Waals surface area contributed by atoms with Crippen LogP contribution in [0.3, 0.4) is 0 Å². The Morgan fingerprint density at radius 2 is 1.70 bits per heavy atom. The number of benzene rings is 3. The van der Waals surface area contributed by atoms with Gasteiger partial charge in [-0.3, -0.25) is 9.69 Å². The summed E-state index contributed by atoms with van der Waals surface area (Å²) in [5, 5.41) is 0.680. The molecular formula is C30H33ClN2O4. The number of nitrogens with zero attached hydrogens (tertiary/aromatic N) is 2. The second kappa shape index (κ2) is 12.6. The van der Waals surface area contributed by atoms with Gasteiger partial charge in [-0.1, -0.05) is 54.1 Å². The first-order valence-electron chi connectivity index (χ1n) is 13.0. The quantitative estimate of drug-likeness (QED) is 0.331. The summed E-state index contributed by atoms with van der Waals surface area (Å²) in [6.45, 7) is 3.50. The molecule has 2 aliphatic rings. The molecule has 2 aliphatic heterocycles. The lowest BCUT2D eigenvalue weighted by molar-refractivity contribution is -0.165. The zero-order valence-electron chi connectivity index (χ0n) is 20.9. The van der Waals surface area contributed by atoms with E-state index in [1.54, 1.807) is 0 Å². The molecule has 5 rings (SSSR count). The number of hydrogen-bond acceptors (Lipinski definition) is 5. The van der Waals surface area contributed by atoms with Crippen molar-refractivity contribution in [1.82, 2.24) is 4.90 Å². The van der Waals surface area contributed by atoms with E-state index in [1.807, 2.05) is 71.6 Å². The number of carbonyl (C=O) groups is 1. The van der Waals surface area contributed by atoms with Crippen LogP contribution in [0.2, 0.25) is 5.02 Å². The predicted octanol–water partition coefficient (Wildman–Crippen LogP) is 5.85. The number of halogens is 1. The Kier molecular flexibility index (Phi) is 8.74. The minimum atomic E-state index is -0.127. The summed E-state index contributed by atoms with van der Waals surface area (Å²) in [5.74, 6) is 0.812. The number of ether oxygens (including phenoxy) is 3. The van der Waals surface area contributed by atoms with E-state index in [0.717, 1.165) is 56.0 Å². The monoisotopic (exact) mass is 520 g/mol. The van der Waals surface area contributed by atoms with Gasteiger partial charge in [-0.2, -0.15) is 0 Å². The Hall–Kier alpha value is -2.90. The fourth-order valence-corrected chi connectivity index (χ4v) is 5.07. The lowest BCUT2D eigenvalue weighted by Gasteiger charge is -2.41. The van der Waals surface area contributed by atoms with Crippen molar-refractivity contribution in [3.8, 4) is 5.75 Å². The molecule has 3 aromatic carbocycles. The molecule has 3 aromatic rings. The Morgan fingerprint density at radius 3 is 2.43 bits per heavy atom. The summed E-state index contributed by atoms with van der Waals surface area (Å²) >= 11 is 6.16. The molecule has 37 heavy (non-hydrogen) atoms. The van der Waals surface area contributed by atoms with Crippen LogP contribution in [0.1, 0.15) is 36.4 Å². The number of anilines is 1. The highest BCUT2D eigenvalue weighted by atomic mass is 35.5. The minimum Gasteiger partial charge on any atom is -0.491 e. The van der Waals surface area contributed by atoms with Crippen molar-refractivity contribution in [2.45, 2.75) is 38.1 Å². The highest BCUT2D eigenvalue weighted by Gasteiger charge is 2.34. The van der Waals surface area contributed by atoms with E-state index >= 15 is 0 Å². The lowest BCUT2D eigenvalue weighted by atomic mass is 10.0.